The maximum absolute atomic E-state index is 2.44. The fourth-order valence-electron chi connectivity index (χ4n) is 7.83. The van der Waals surface area contributed by atoms with Gasteiger partial charge in [0.1, 0.15) is 0 Å². The first-order valence-corrected chi connectivity index (χ1v) is 17.2. The molecular weight excluding hydrogens is 605 g/mol. The van der Waals surface area contributed by atoms with E-state index in [9.17, 15) is 0 Å². The maximum atomic E-state index is 2.44. The van der Waals surface area contributed by atoms with Crippen LogP contribution in [0.3, 0.4) is 0 Å². The van der Waals surface area contributed by atoms with Crippen LogP contribution in [0.4, 0.5) is 0 Å². The molecule has 0 unspecified atom stereocenters. The van der Waals surface area contributed by atoms with Crippen LogP contribution in [0.2, 0.25) is 0 Å². The van der Waals surface area contributed by atoms with Crippen LogP contribution < -0.4 is 0 Å². The quantitative estimate of drug-likeness (QED) is 0.178. The molecule has 0 fully saturated rings. The van der Waals surface area contributed by atoms with Crippen LogP contribution in [0.5, 0.6) is 0 Å². The molecule has 0 bridgehead atoms. The van der Waals surface area contributed by atoms with E-state index in [2.05, 4.69) is 203 Å². The van der Waals surface area contributed by atoms with Crippen molar-refractivity contribution in [1.82, 2.24) is 9.13 Å². The zero-order valence-electron chi connectivity index (χ0n) is 27.4. The van der Waals surface area contributed by atoms with Crippen molar-refractivity contribution in [2.75, 3.05) is 0 Å². The molecule has 2 heteroatoms. The van der Waals surface area contributed by atoms with Gasteiger partial charge in [0.05, 0.1) is 22.1 Å². The van der Waals surface area contributed by atoms with Gasteiger partial charge >= 0.3 is 0 Å². The zero-order chi connectivity index (χ0) is 33.0. The van der Waals surface area contributed by atoms with Gasteiger partial charge in [-0.2, -0.15) is 0 Å². The van der Waals surface area contributed by atoms with Crippen molar-refractivity contribution < 1.29 is 0 Å². The molecule has 2 aromatic heterocycles. The van der Waals surface area contributed by atoms with E-state index in [0.717, 1.165) is 5.69 Å². The Balaban J connectivity index is 1.20. The third kappa shape index (κ3) is 4.50. The van der Waals surface area contributed by atoms with E-state index < -0.39 is 0 Å². The lowest BCUT2D eigenvalue weighted by Crippen LogP contribution is -1.96. The largest absolute Gasteiger partial charge is 0.309 e. The molecule has 0 saturated heterocycles. The van der Waals surface area contributed by atoms with Crippen molar-refractivity contribution in [3.8, 4) is 44.8 Å². The molecule has 234 valence electrons. The Hall–Kier alpha value is -6.64. The second-order valence-corrected chi connectivity index (χ2v) is 13.0. The monoisotopic (exact) mass is 636 g/mol. The number of hydrogen-bond donors (Lipinski definition) is 0. The highest BCUT2D eigenvalue weighted by Gasteiger charge is 2.17. The third-order valence-corrected chi connectivity index (χ3v) is 10.1. The Bertz CT molecular complexity index is 2840. The van der Waals surface area contributed by atoms with Crippen molar-refractivity contribution in [3.05, 3.63) is 194 Å². The Labute approximate surface area is 290 Å². The molecule has 0 atom stereocenters. The molecular formula is C48H32N2. The highest BCUT2D eigenvalue weighted by Crippen LogP contribution is 2.40. The van der Waals surface area contributed by atoms with Gasteiger partial charge in [-0.15, -0.1) is 0 Å². The number of para-hydroxylation sites is 3. The topological polar surface area (TPSA) is 9.86 Å². The predicted molar refractivity (Wildman–Crippen MR) is 211 cm³/mol. The van der Waals surface area contributed by atoms with Crippen LogP contribution in [0.25, 0.3) is 88.4 Å². The molecule has 0 aliphatic rings. The van der Waals surface area contributed by atoms with Crippen LogP contribution in [-0.2, 0) is 0 Å². The van der Waals surface area contributed by atoms with E-state index in [1.165, 1.54) is 82.7 Å². The maximum Gasteiger partial charge on any atom is 0.0547 e. The smallest absolute Gasteiger partial charge is 0.0547 e. The second-order valence-electron chi connectivity index (χ2n) is 13.0. The van der Waals surface area contributed by atoms with Crippen LogP contribution >= 0.6 is 0 Å². The van der Waals surface area contributed by atoms with Crippen LogP contribution in [0.1, 0.15) is 0 Å². The summed E-state index contributed by atoms with van der Waals surface area (Å²) in [4.78, 5) is 0. The van der Waals surface area contributed by atoms with E-state index >= 15 is 0 Å². The summed E-state index contributed by atoms with van der Waals surface area (Å²) in [5, 5.41) is 5.02. The SMILES string of the molecule is c1ccc(-c2ccc(-n3c4ccccc4c4ccc(-c5ccc6c7ccccc7n(-c7ccccc7)c6c5)cc43)cc2-c2ccccc2)cc1. The van der Waals surface area contributed by atoms with Gasteiger partial charge in [-0.05, 0) is 81.9 Å². The first-order chi connectivity index (χ1) is 24.8. The molecule has 50 heavy (non-hydrogen) atoms. The Morgan fingerprint density at radius 3 is 1.24 bits per heavy atom. The fourth-order valence-corrected chi connectivity index (χ4v) is 7.83. The summed E-state index contributed by atoms with van der Waals surface area (Å²) in [7, 11) is 0. The summed E-state index contributed by atoms with van der Waals surface area (Å²) >= 11 is 0. The highest BCUT2D eigenvalue weighted by atomic mass is 15.0. The van der Waals surface area contributed by atoms with E-state index in [4.69, 9.17) is 0 Å². The minimum absolute atomic E-state index is 1.14. The average molecular weight is 637 g/mol. The van der Waals surface area contributed by atoms with Gasteiger partial charge in [0, 0.05) is 32.9 Å². The molecule has 0 spiro atoms. The van der Waals surface area contributed by atoms with Gasteiger partial charge in [-0.3, -0.25) is 0 Å². The second kappa shape index (κ2) is 11.5. The molecule has 0 N–H and O–H groups in total. The minimum Gasteiger partial charge on any atom is -0.309 e. The molecule has 0 radical (unpaired) electrons. The van der Waals surface area contributed by atoms with Crippen LogP contribution in [-0.4, -0.2) is 9.13 Å². The minimum atomic E-state index is 1.14. The normalized spacial score (nSPS) is 11.6. The lowest BCUT2D eigenvalue weighted by molar-refractivity contribution is 1.18. The molecule has 0 amide bonds. The molecule has 10 aromatic rings. The lowest BCUT2D eigenvalue weighted by atomic mass is 9.94. The number of nitrogens with zero attached hydrogens (tertiary/aromatic N) is 2. The molecule has 8 aromatic carbocycles. The number of hydrogen-bond acceptors (Lipinski definition) is 0. The Morgan fingerprint density at radius 2 is 0.680 bits per heavy atom. The summed E-state index contributed by atoms with van der Waals surface area (Å²) in [6.07, 6.45) is 0. The van der Waals surface area contributed by atoms with E-state index in [1.54, 1.807) is 0 Å². The first-order valence-electron chi connectivity index (χ1n) is 17.2. The van der Waals surface area contributed by atoms with Crippen molar-refractivity contribution in [2.24, 2.45) is 0 Å². The average Bonchev–Trinajstić information content (AvgIpc) is 3.71. The summed E-state index contributed by atoms with van der Waals surface area (Å²) < 4.78 is 4.83. The Kier molecular flexibility index (Phi) is 6.53. The van der Waals surface area contributed by atoms with Gasteiger partial charge in [0.2, 0.25) is 0 Å². The van der Waals surface area contributed by atoms with Gasteiger partial charge in [-0.1, -0.05) is 146 Å². The van der Waals surface area contributed by atoms with Gasteiger partial charge < -0.3 is 9.13 Å². The third-order valence-electron chi connectivity index (χ3n) is 10.1. The van der Waals surface area contributed by atoms with Gasteiger partial charge in [0.15, 0.2) is 0 Å². The molecule has 2 heterocycles. The molecule has 0 aliphatic carbocycles. The molecule has 10 rings (SSSR count). The predicted octanol–water partition coefficient (Wildman–Crippen LogP) is 12.9. The van der Waals surface area contributed by atoms with Gasteiger partial charge in [0.25, 0.3) is 0 Å². The Morgan fingerprint density at radius 1 is 0.240 bits per heavy atom. The van der Waals surface area contributed by atoms with Crippen molar-refractivity contribution >= 4 is 43.6 Å². The number of rotatable bonds is 5. The number of aromatic nitrogens is 2. The standard InChI is InChI=1S/C48H32N2/c1-4-14-33(15-5-1)39-29-26-38(32-44(39)34-16-6-2-7-17-34)50-46-23-13-11-21-41(46)43-28-25-36(31-48(43)50)35-24-27-42-40-20-10-12-22-45(40)49(47(42)30-35)37-18-8-3-9-19-37/h1-32H. The van der Waals surface area contributed by atoms with Crippen molar-refractivity contribution in [3.63, 3.8) is 0 Å². The van der Waals surface area contributed by atoms with Crippen molar-refractivity contribution in [2.45, 2.75) is 0 Å². The van der Waals surface area contributed by atoms with Crippen LogP contribution in [0, 0.1) is 0 Å². The lowest BCUT2D eigenvalue weighted by Gasteiger charge is -2.15. The van der Waals surface area contributed by atoms with Gasteiger partial charge in [-0.25, -0.2) is 0 Å². The number of benzene rings is 8. The summed E-state index contributed by atoms with van der Waals surface area (Å²) in [6.45, 7) is 0. The first kappa shape index (κ1) is 28.4. The number of fused-ring (bicyclic) bond motifs is 6. The van der Waals surface area contributed by atoms with E-state index in [-0.39, 0.29) is 0 Å². The molecule has 0 aliphatic heterocycles. The zero-order valence-corrected chi connectivity index (χ0v) is 27.4. The highest BCUT2D eigenvalue weighted by molar-refractivity contribution is 6.12. The van der Waals surface area contributed by atoms with E-state index in [0.29, 0.717) is 0 Å². The summed E-state index contributed by atoms with van der Waals surface area (Å²) in [6, 6.07) is 70.4. The van der Waals surface area contributed by atoms with Crippen molar-refractivity contribution in [1.29, 1.82) is 0 Å². The summed E-state index contributed by atoms with van der Waals surface area (Å²) in [5.74, 6) is 0. The molecule has 0 saturated carbocycles. The summed E-state index contributed by atoms with van der Waals surface area (Å²) in [5.41, 5.74) is 14.4. The van der Waals surface area contributed by atoms with Crippen LogP contribution in [0.15, 0.2) is 194 Å². The molecule has 2 nitrogen and oxygen atoms in total. The fraction of sp³-hybridized carbons (Fsp3) is 0. The van der Waals surface area contributed by atoms with E-state index in [1.807, 2.05) is 0 Å².